The van der Waals surface area contributed by atoms with Gasteiger partial charge < -0.3 is 24.7 Å². The largest absolute Gasteiger partial charge is 0.409 e. The van der Waals surface area contributed by atoms with Crippen LogP contribution in [-0.4, -0.2) is 79.4 Å². The van der Waals surface area contributed by atoms with Crippen molar-refractivity contribution in [2.24, 2.45) is 10.8 Å². The van der Waals surface area contributed by atoms with E-state index in [0.717, 1.165) is 0 Å². The van der Waals surface area contributed by atoms with Crippen LogP contribution in [-0.2, 0) is 33.4 Å². The normalized spacial score (nSPS) is 13.0. The van der Waals surface area contributed by atoms with Gasteiger partial charge in [0.15, 0.2) is 0 Å². The van der Waals surface area contributed by atoms with Crippen LogP contribution in [0.1, 0.15) is 65.7 Å². The standard InChI is InChI=1S/C22H35B3N2O7/c1-21(2,3)18(30)5-4-16(28)12-22(9-6-19(31)26-24,14-33-10-7-17(29)13-23)15-34-11-8-20(32)27-25/h4-15H2,1-3H3,(H,26,31)(H,27,32). The van der Waals surface area contributed by atoms with Crippen LogP contribution in [0.15, 0.2) is 0 Å². The maximum atomic E-state index is 12.8. The van der Waals surface area contributed by atoms with E-state index in [0.29, 0.717) is 0 Å². The zero-order valence-corrected chi connectivity index (χ0v) is 20.6. The minimum absolute atomic E-state index is 0.00242. The smallest absolute Gasteiger partial charge is 0.226 e. The fourth-order valence-corrected chi connectivity index (χ4v) is 3.06. The molecule has 0 aromatic carbocycles. The summed E-state index contributed by atoms with van der Waals surface area (Å²) in [6.07, 6.45) is 0.351. The van der Waals surface area contributed by atoms with Crippen LogP contribution >= 0.6 is 0 Å². The first-order chi connectivity index (χ1) is 15.9. The maximum absolute atomic E-state index is 12.8. The van der Waals surface area contributed by atoms with Gasteiger partial charge in [-0.2, -0.15) is 0 Å². The minimum atomic E-state index is -0.931. The maximum Gasteiger partial charge on any atom is 0.226 e. The molecular formula is C22H35B3N2O7. The molecule has 12 heteroatoms. The second-order valence-electron chi connectivity index (χ2n) is 9.37. The first-order valence-corrected chi connectivity index (χ1v) is 11.3. The van der Waals surface area contributed by atoms with Crippen LogP contribution in [0, 0.1) is 10.8 Å². The van der Waals surface area contributed by atoms with Crippen molar-refractivity contribution in [3.8, 4) is 0 Å². The third-order valence-electron chi connectivity index (χ3n) is 5.29. The van der Waals surface area contributed by atoms with Crippen LogP contribution in [0.25, 0.3) is 0 Å². The molecule has 0 bridgehead atoms. The number of Topliss-reactive ketones (excluding diaryl/α,β-unsaturated/α-hetero) is 3. The number of hydrogen-bond acceptors (Lipinski definition) is 7. The van der Waals surface area contributed by atoms with Crippen LogP contribution in [0.5, 0.6) is 0 Å². The molecule has 9 nitrogen and oxygen atoms in total. The lowest BCUT2D eigenvalue weighted by molar-refractivity contribution is -0.132. The summed E-state index contributed by atoms with van der Waals surface area (Å²) in [5.74, 6) is -1.24. The van der Waals surface area contributed by atoms with E-state index >= 15 is 0 Å². The van der Waals surface area contributed by atoms with E-state index < -0.39 is 22.6 Å². The third-order valence-corrected chi connectivity index (χ3v) is 5.29. The molecule has 0 aromatic rings. The zero-order valence-electron chi connectivity index (χ0n) is 20.6. The molecule has 0 heterocycles. The molecule has 0 rings (SSSR count). The van der Waals surface area contributed by atoms with Crippen LogP contribution in [0.2, 0.25) is 6.32 Å². The van der Waals surface area contributed by atoms with Gasteiger partial charge in [-0.15, -0.1) is 0 Å². The first kappa shape index (κ1) is 32.1. The molecule has 0 aliphatic heterocycles. The summed E-state index contributed by atoms with van der Waals surface area (Å²) in [5.41, 5.74) is -1.48. The Morgan fingerprint density at radius 1 is 0.735 bits per heavy atom. The summed E-state index contributed by atoms with van der Waals surface area (Å²) in [4.78, 5) is 59.7. The number of amides is 2. The summed E-state index contributed by atoms with van der Waals surface area (Å²) in [7, 11) is 15.6. The van der Waals surface area contributed by atoms with Crippen LogP contribution in [0.3, 0.4) is 0 Å². The summed E-state index contributed by atoms with van der Waals surface area (Å²) in [5, 5.41) is 4.05. The average Bonchev–Trinajstić information content (AvgIpc) is 2.80. The molecule has 6 radical (unpaired) electrons. The third kappa shape index (κ3) is 14.4. The Balaban J connectivity index is 5.42. The fourth-order valence-electron chi connectivity index (χ4n) is 3.06. The van der Waals surface area contributed by atoms with Gasteiger partial charge in [0.2, 0.25) is 27.8 Å². The number of rotatable bonds is 19. The van der Waals surface area contributed by atoms with E-state index in [4.69, 9.17) is 33.3 Å². The van der Waals surface area contributed by atoms with E-state index in [9.17, 15) is 24.0 Å². The highest BCUT2D eigenvalue weighted by Crippen LogP contribution is 2.31. The molecule has 0 aromatic heterocycles. The van der Waals surface area contributed by atoms with E-state index in [-0.39, 0.29) is 95.0 Å². The number of hydrogen-bond donors (Lipinski definition) is 2. The molecule has 2 N–H and O–H groups in total. The second-order valence-corrected chi connectivity index (χ2v) is 9.37. The van der Waals surface area contributed by atoms with Crippen molar-refractivity contribution in [1.82, 2.24) is 10.5 Å². The number of carbonyl (C=O) groups is 5. The molecule has 0 saturated carbocycles. The van der Waals surface area contributed by atoms with Crippen molar-refractivity contribution < 1.29 is 33.4 Å². The predicted molar refractivity (Wildman–Crippen MR) is 129 cm³/mol. The van der Waals surface area contributed by atoms with Crippen molar-refractivity contribution >= 4 is 53.0 Å². The lowest BCUT2D eigenvalue weighted by Crippen LogP contribution is -2.37. The number of ketones is 3. The fraction of sp³-hybridized carbons (Fsp3) is 0.773. The molecule has 34 heavy (non-hydrogen) atoms. The molecule has 0 aliphatic carbocycles. The van der Waals surface area contributed by atoms with Crippen LogP contribution in [0.4, 0.5) is 0 Å². The number of ether oxygens (including phenoxy) is 2. The molecular weight excluding hydrogens is 437 g/mol. The molecule has 0 aliphatic rings. The molecule has 184 valence electrons. The first-order valence-electron chi connectivity index (χ1n) is 11.3. The quantitative estimate of drug-likeness (QED) is 0.207. The van der Waals surface area contributed by atoms with E-state index in [1.165, 1.54) is 0 Å². The van der Waals surface area contributed by atoms with Gasteiger partial charge in [0.25, 0.3) is 0 Å². The molecule has 0 saturated heterocycles. The van der Waals surface area contributed by atoms with Gasteiger partial charge in [-0.3, -0.25) is 19.2 Å². The second kappa shape index (κ2) is 16.7. The topological polar surface area (TPSA) is 128 Å². The van der Waals surface area contributed by atoms with E-state index in [1.807, 2.05) is 5.23 Å². The summed E-state index contributed by atoms with van der Waals surface area (Å²) >= 11 is 0. The molecule has 0 fully saturated rings. The van der Waals surface area contributed by atoms with Crippen LogP contribution < -0.4 is 10.5 Å². The predicted octanol–water partition coefficient (Wildman–Crippen LogP) is 0.476. The van der Waals surface area contributed by atoms with Crippen molar-refractivity contribution in [3.63, 3.8) is 0 Å². The average molecular weight is 472 g/mol. The minimum Gasteiger partial charge on any atom is -0.409 e. The highest BCUT2D eigenvalue weighted by atomic mass is 16.5. The van der Waals surface area contributed by atoms with Crippen molar-refractivity contribution in [2.75, 3.05) is 26.4 Å². The lowest BCUT2D eigenvalue weighted by Gasteiger charge is -2.33. The van der Waals surface area contributed by atoms with Gasteiger partial charge in [-0.05, 0) is 12.7 Å². The lowest BCUT2D eigenvalue weighted by atomic mass is 9.78. The number of nitrogens with one attached hydrogen (secondary N) is 2. The highest BCUT2D eigenvalue weighted by Gasteiger charge is 2.35. The Labute approximate surface area is 206 Å². The Morgan fingerprint density at radius 3 is 1.76 bits per heavy atom. The Hall–Kier alpha value is -1.94. The van der Waals surface area contributed by atoms with Gasteiger partial charge in [0.1, 0.15) is 17.3 Å². The van der Waals surface area contributed by atoms with Gasteiger partial charge in [0.05, 0.1) is 34.3 Å². The van der Waals surface area contributed by atoms with E-state index in [2.05, 4.69) is 5.23 Å². The van der Waals surface area contributed by atoms with E-state index in [1.54, 1.807) is 20.8 Å². The van der Waals surface area contributed by atoms with Gasteiger partial charge in [-0.1, -0.05) is 20.8 Å². The summed E-state index contributed by atoms with van der Waals surface area (Å²) in [6, 6.07) is 0. The molecule has 2 amide bonds. The number of carbonyl (C=O) groups excluding carboxylic acids is 5. The monoisotopic (exact) mass is 472 g/mol. The Morgan fingerprint density at radius 2 is 1.26 bits per heavy atom. The Bertz CT molecular complexity index is 672. The highest BCUT2D eigenvalue weighted by molar-refractivity contribution is 6.20. The van der Waals surface area contributed by atoms with Crippen molar-refractivity contribution in [2.45, 2.75) is 72.0 Å². The zero-order chi connectivity index (χ0) is 26.2. The van der Waals surface area contributed by atoms with Gasteiger partial charge in [0, 0.05) is 49.4 Å². The summed E-state index contributed by atoms with van der Waals surface area (Å²) in [6.45, 7) is 5.52. The molecule has 1 atom stereocenters. The van der Waals surface area contributed by atoms with Crippen molar-refractivity contribution in [3.05, 3.63) is 0 Å². The molecule has 0 spiro atoms. The summed E-state index contributed by atoms with van der Waals surface area (Å²) < 4.78 is 11.3. The van der Waals surface area contributed by atoms with Crippen molar-refractivity contribution in [1.29, 1.82) is 0 Å². The Kier molecular flexibility index (Phi) is 15.7. The SMILES string of the molecule is [B]CC(=O)CCOCC(CCC(=O)N[B])(COCCC(=O)N[B])CC(=O)CCC(=O)C(C)(C)C. The molecule has 1 unspecified atom stereocenters. The van der Waals surface area contributed by atoms with Gasteiger partial charge in [-0.25, -0.2) is 0 Å². The van der Waals surface area contributed by atoms with Gasteiger partial charge >= 0.3 is 0 Å².